The Kier molecular flexibility index (Phi) is 4.54. The minimum atomic E-state index is -0.524. The van der Waals surface area contributed by atoms with Gasteiger partial charge in [-0.15, -0.1) is 0 Å². The Morgan fingerprint density at radius 3 is 2.38 bits per heavy atom. The molecule has 0 aromatic heterocycles. The van der Waals surface area contributed by atoms with Gasteiger partial charge in [-0.1, -0.05) is 30.3 Å². The third kappa shape index (κ3) is 4.24. The number of benzene rings is 1. The monoisotopic (exact) mass is 217 g/mol. The molecule has 0 atom stereocenters. The zero-order valence-electron chi connectivity index (χ0n) is 8.56. The fourth-order valence-corrected chi connectivity index (χ4v) is 1.08. The number of rotatable bonds is 3. The van der Waals surface area contributed by atoms with Gasteiger partial charge in [-0.25, -0.2) is 0 Å². The van der Waals surface area contributed by atoms with E-state index in [9.17, 15) is 9.59 Å². The molecule has 2 N–H and O–H groups in total. The minimum absolute atomic E-state index is 0.188. The van der Waals surface area contributed by atoms with E-state index < -0.39 is 5.91 Å². The number of nitrogens with one attached hydrogen (secondary N) is 2. The molecule has 0 fully saturated rings. The van der Waals surface area contributed by atoms with Gasteiger partial charge in [-0.2, -0.15) is 5.26 Å². The van der Waals surface area contributed by atoms with Crippen LogP contribution in [0.5, 0.6) is 0 Å². The Bertz CT molecular complexity index is 409. The molecule has 5 nitrogen and oxygen atoms in total. The van der Waals surface area contributed by atoms with Crippen LogP contribution in [0, 0.1) is 11.3 Å². The van der Waals surface area contributed by atoms with Crippen molar-refractivity contribution in [2.45, 2.75) is 12.8 Å². The summed E-state index contributed by atoms with van der Waals surface area (Å²) >= 11 is 0. The van der Waals surface area contributed by atoms with Crippen molar-refractivity contribution in [1.82, 2.24) is 10.9 Å². The summed E-state index contributed by atoms with van der Waals surface area (Å²) in [5.41, 5.74) is 5.22. The van der Waals surface area contributed by atoms with Gasteiger partial charge in [0.2, 0.25) is 5.91 Å². The molecule has 0 aliphatic rings. The fourth-order valence-electron chi connectivity index (χ4n) is 1.08. The number of hydrogen-bond acceptors (Lipinski definition) is 3. The van der Waals surface area contributed by atoms with Gasteiger partial charge < -0.3 is 0 Å². The number of amides is 2. The molecule has 0 aliphatic carbocycles. The van der Waals surface area contributed by atoms with E-state index in [2.05, 4.69) is 10.9 Å². The summed E-state index contributed by atoms with van der Waals surface area (Å²) in [6.45, 7) is 0. The summed E-state index contributed by atoms with van der Waals surface area (Å²) in [7, 11) is 0. The van der Waals surface area contributed by atoms with E-state index in [4.69, 9.17) is 5.26 Å². The van der Waals surface area contributed by atoms with Gasteiger partial charge in [0.1, 0.15) is 6.42 Å². The number of carbonyl (C=O) groups is 2. The summed E-state index contributed by atoms with van der Waals surface area (Å²) in [6.07, 6.45) is -0.0840. The maximum Gasteiger partial charge on any atom is 0.252 e. The van der Waals surface area contributed by atoms with Crippen molar-refractivity contribution in [2.75, 3.05) is 0 Å². The van der Waals surface area contributed by atoms with Gasteiger partial charge in [0.15, 0.2) is 0 Å². The van der Waals surface area contributed by atoms with Crippen LogP contribution in [0.2, 0.25) is 0 Å². The first-order valence-electron chi connectivity index (χ1n) is 4.71. The third-order valence-electron chi connectivity index (χ3n) is 1.79. The van der Waals surface area contributed by atoms with Gasteiger partial charge in [-0.05, 0) is 5.56 Å². The van der Waals surface area contributed by atoms with Crippen molar-refractivity contribution in [3.63, 3.8) is 0 Å². The summed E-state index contributed by atoms with van der Waals surface area (Å²) < 4.78 is 0. The second kappa shape index (κ2) is 6.19. The number of carbonyl (C=O) groups excluding carboxylic acids is 2. The predicted octanol–water partition coefficient (Wildman–Crippen LogP) is 0.290. The van der Waals surface area contributed by atoms with E-state index in [1.165, 1.54) is 0 Å². The lowest BCUT2D eigenvalue weighted by atomic mass is 10.1. The van der Waals surface area contributed by atoms with Crippen LogP contribution in [-0.2, 0) is 16.0 Å². The van der Waals surface area contributed by atoms with Crippen LogP contribution in [-0.4, -0.2) is 11.8 Å². The maximum atomic E-state index is 11.3. The number of nitriles is 1. The van der Waals surface area contributed by atoms with Gasteiger partial charge in [0, 0.05) is 0 Å². The lowest BCUT2D eigenvalue weighted by Gasteiger charge is -2.05. The lowest BCUT2D eigenvalue weighted by Crippen LogP contribution is -2.42. The van der Waals surface area contributed by atoms with Crippen molar-refractivity contribution < 1.29 is 9.59 Å². The molecule has 0 saturated carbocycles. The molecule has 0 aliphatic heterocycles. The number of hydrazine groups is 1. The Labute approximate surface area is 93.0 Å². The molecule has 1 aromatic carbocycles. The van der Waals surface area contributed by atoms with Crippen LogP contribution in [0.25, 0.3) is 0 Å². The normalized spacial score (nSPS) is 8.94. The van der Waals surface area contributed by atoms with E-state index >= 15 is 0 Å². The third-order valence-corrected chi connectivity index (χ3v) is 1.79. The highest BCUT2D eigenvalue weighted by Gasteiger charge is 2.04. The van der Waals surface area contributed by atoms with Gasteiger partial charge in [0.05, 0.1) is 12.5 Å². The predicted molar refractivity (Wildman–Crippen MR) is 56.7 cm³/mol. The van der Waals surface area contributed by atoms with Crippen molar-refractivity contribution in [1.29, 1.82) is 5.26 Å². The Morgan fingerprint density at radius 1 is 1.12 bits per heavy atom. The molecule has 2 amide bonds. The zero-order valence-corrected chi connectivity index (χ0v) is 8.56. The van der Waals surface area contributed by atoms with Crippen LogP contribution in [0.1, 0.15) is 12.0 Å². The molecule has 0 saturated heterocycles. The highest BCUT2D eigenvalue weighted by atomic mass is 16.2. The van der Waals surface area contributed by atoms with E-state index in [0.717, 1.165) is 5.56 Å². The van der Waals surface area contributed by atoms with Crippen LogP contribution in [0.3, 0.4) is 0 Å². The van der Waals surface area contributed by atoms with E-state index in [-0.39, 0.29) is 18.7 Å². The van der Waals surface area contributed by atoms with Crippen LogP contribution < -0.4 is 10.9 Å². The average Bonchev–Trinajstić information content (AvgIpc) is 2.28. The Morgan fingerprint density at radius 2 is 1.75 bits per heavy atom. The molecule has 16 heavy (non-hydrogen) atoms. The standard InChI is InChI=1S/C11H11N3O2/c12-7-6-10(15)13-14-11(16)8-9-4-2-1-3-5-9/h1-5H,6,8H2,(H,13,15)(H,14,16). The van der Waals surface area contributed by atoms with Gasteiger partial charge in [-0.3, -0.25) is 20.4 Å². The van der Waals surface area contributed by atoms with Crippen molar-refractivity contribution in [3.05, 3.63) is 35.9 Å². The molecular formula is C11H11N3O2. The second-order valence-corrected chi connectivity index (χ2v) is 3.09. The van der Waals surface area contributed by atoms with Crippen LogP contribution >= 0.6 is 0 Å². The average molecular weight is 217 g/mol. The molecule has 5 heteroatoms. The molecular weight excluding hydrogens is 206 g/mol. The molecule has 0 spiro atoms. The van der Waals surface area contributed by atoms with Crippen molar-refractivity contribution >= 4 is 11.8 Å². The Balaban J connectivity index is 2.32. The van der Waals surface area contributed by atoms with E-state index in [0.29, 0.717) is 0 Å². The van der Waals surface area contributed by atoms with E-state index in [1.807, 2.05) is 30.3 Å². The molecule has 0 heterocycles. The summed E-state index contributed by atoms with van der Waals surface area (Å²) in [6, 6.07) is 10.8. The Hall–Kier alpha value is -2.35. The second-order valence-electron chi connectivity index (χ2n) is 3.09. The van der Waals surface area contributed by atoms with Crippen LogP contribution in [0.15, 0.2) is 30.3 Å². The lowest BCUT2D eigenvalue weighted by molar-refractivity contribution is -0.128. The molecule has 1 aromatic rings. The number of nitrogens with zero attached hydrogens (tertiary/aromatic N) is 1. The quantitative estimate of drug-likeness (QED) is 0.714. The molecule has 0 bridgehead atoms. The molecule has 0 radical (unpaired) electrons. The first-order valence-corrected chi connectivity index (χ1v) is 4.71. The summed E-state index contributed by atoms with van der Waals surface area (Å²) in [5, 5.41) is 8.21. The maximum absolute atomic E-state index is 11.3. The zero-order chi connectivity index (χ0) is 11.8. The minimum Gasteiger partial charge on any atom is -0.273 e. The smallest absolute Gasteiger partial charge is 0.252 e. The summed E-state index contributed by atoms with van der Waals surface area (Å²) in [4.78, 5) is 22.2. The molecule has 82 valence electrons. The summed E-state index contributed by atoms with van der Waals surface area (Å²) in [5.74, 6) is -0.846. The first kappa shape index (κ1) is 11.7. The fraction of sp³-hybridized carbons (Fsp3) is 0.182. The number of hydrogen-bond donors (Lipinski definition) is 2. The van der Waals surface area contributed by atoms with Gasteiger partial charge in [0.25, 0.3) is 5.91 Å². The van der Waals surface area contributed by atoms with Gasteiger partial charge >= 0.3 is 0 Å². The SMILES string of the molecule is N#CCC(=O)NNC(=O)Cc1ccccc1. The highest BCUT2D eigenvalue weighted by molar-refractivity contribution is 5.83. The first-order chi connectivity index (χ1) is 7.72. The van der Waals surface area contributed by atoms with E-state index in [1.54, 1.807) is 6.07 Å². The molecule has 0 unspecified atom stereocenters. The largest absolute Gasteiger partial charge is 0.273 e. The van der Waals surface area contributed by atoms with Crippen molar-refractivity contribution in [2.24, 2.45) is 0 Å². The topological polar surface area (TPSA) is 82.0 Å². The van der Waals surface area contributed by atoms with Crippen LogP contribution in [0.4, 0.5) is 0 Å². The molecule has 1 rings (SSSR count). The van der Waals surface area contributed by atoms with Crippen molar-refractivity contribution in [3.8, 4) is 6.07 Å². The highest BCUT2D eigenvalue weighted by Crippen LogP contribution is 1.98.